The van der Waals surface area contributed by atoms with Crippen molar-refractivity contribution in [2.75, 3.05) is 6.61 Å². The molecule has 0 radical (unpaired) electrons. The molecule has 1 saturated heterocycles. The van der Waals surface area contributed by atoms with Crippen LogP contribution in [0.3, 0.4) is 0 Å². The third kappa shape index (κ3) is 3.28. The second-order valence-electron chi connectivity index (χ2n) is 4.63. The van der Waals surface area contributed by atoms with E-state index >= 15 is 0 Å². The van der Waals surface area contributed by atoms with Crippen LogP contribution in [0.5, 0.6) is 0 Å². The van der Waals surface area contributed by atoms with Gasteiger partial charge in [-0.3, -0.25) is 0 Å². The van der Waals surface area contributed by atoms with E-state index in [2.05, 4.69) is 0 Å². The Kier molecular flexibility index (Phi) is 4.83. The molecule has 1 fully saturated rings. The lowest BCUT2D eigenvalue weighted by atomic mass is 10.0. The molecule has 106 valence electrons. The largest absolute Gasteiger partial charge is 0.394 e. The molecule has 0 aromatic heterocycles. The second kappa shape index (κ2) is 6.21. The number of hydrogen-bond acceptors (Lipinski definition) is 6. The monoisotopic (exact) mass is 286 g/mol. The van der Waals surface area contributed by atoms with Crippen molar-refractivity contribution in [2.45, 2.75) is 41.7 Å². The Labute approximate surface area is 115 Å². The highest BCUT2D eigenvalue weighted by atomic mass is 32.2. The molecule has 0 saturated carbocycles. The first-order valence-corrected chi connectivity index (χ1v) is 6.94. The lowest BCUT2D eigenvalue weighted by molar-refractivity contribution is -0.205. The highest BCUT2D eigenvalue weighted by molar-refractivity contribution is 7.99. The summed E-state index contributed by atoms with van der Waals surface area (Å²) in [6, 6.07) is 7.65. The minimum atomic E-state index is -1.33. The molecule has 0 aliphatic carbocycles. The zero-order valence-electron chi connectivity index (χ0n) is 10.5. The fourth-order valence-electron chi connectivity index (χ4n) is 1.92. The molecule has 1 aliphatic rings. The van der Waals surface area contributed by atoms with Crippen LogP contribution in [0.25, 0.3) is 0 Å². The van der Waals surface area contributed by atoms with Crippen LogP contribution in [0.15, 0.2) is 29.2 Å². The van der Waals surface area contributed by atoms with Gasteiger partial charge in [0.2, 0.25) is 0 Å². The first-order valence-electron chi connectivity index (χ1n) is 6.07. The summed E-state index contributed by atoms with van der Waals surface area (Å²) in [7, 11) is 0. The van der Waals surface area contributed by atoms with Gasteiger partial charge in [0.1, 0.15) is 29.9 Å². The average molecular weight is 286 g/mol. The minimum Gasteiger partial charge on any atom is -0.394 e. The summed E-state index contributed by atoms with van der Waals surface area (Å²) in [6.45, 7) is 1.57. The van der Waals surface area contributed by atoms with Gasteiger partial charge in [0.05, 0.1) is 6.61 Å². The zero-order valence-corrected chi connectivity index (χ0v) is 11.3. The topological polar surface area (TPSA) is 90.2 Å². The molecule has 1 heterocycles. The highest BCUT2D eigenvalue weighted by Gasteiger charge is 2.43. The van der Waals surface area contributed by atoms with Crippen LogP contribution in [0.4, 0.5) is 0 Å². The molecule has 4 N–H and O–H groups in total. The smallest absolute Gasteiger partial charge is 0.136 e. The number of aryl methyl sites for hydroxylation is 1. The van der Waals surface area contributed by atoms with Gasteiger partial charge >= 0.3 is 0 Å². The summed E-state index contributed by atoms with van der Waals surface area (Å²) in [4.78, 5) is 0.884. The van der Waals surface area contributed by atoms with Crippen molar-refractivity contribution < 1.29 is 25.2 Å². The van der Waals surface area contributed by atoms with Crippen LogP contribution in [0.2, 0.25) is 0 Å². The Morgan fingerprint density at radius 2 is 1.68 bits per heavy atom. The van der Waals surface area contributed by atoms with Crippen LogP contribution >= 0.6 is 11.8 Å². The summed E-state index contributed by atoms with van der Waals surface area (Å²) in [5.41, 5.74) is 0.399. The van der Waals surface area contributed by atoms with E-state index in [1.165, 1.54) is 11.8 Å². The van der Waals surface area contributed by atoms with E-state index in [0.29, 0.717) is 0 Å². The number of aliphatic hydroxyl groups is 4. The molecule has 5 atom stereocenters. The van der Waals surface area contributed by atoms with Crippen LogP contribution in [0.1, 0.15) is 5.56 Å². The van der Waals surface area contributed by atoms with Crippen molar-refractivity contribution in [3.63, 3.8) is 0 Å². The highest BCUT2D eigenvalue weighted by Crippen LogP contribution is 2.33. The van der Waals surface area contributed by atoms with E-state index in [1.807, 2.05) is 31.2 Å². The minimum absolute atomic E-state index is 0.407. The maximum Gasteiger partial charge on any atom is 0.136 e. The summed E-state index contributed by atoms with van der Waals surface area (Å²) in [5.74, 6) is 0. The molecule has 5 nitrogen and oxygen atoms in total. The van der Waals surface area contributed by atoms with Crippen molar-refractivity contribution in [1.29, 1.82) is 0 Å². The van der Waals surface area contributed by atoms with Gasteiger partial charge in [-0.05, 0) is 19.1 Å². The maximum absolute atomic E-state index is 9.90. The van der Waals surface area contributed by atoms with Crippen LogP contribution in [-0.4, -0.2) is 56.9 Å². The van der Waals surface area contributed by atoms with E-state index in [-0.39, 0.29) is 0 Å². The first-order chi connectivity index (χ1) is 9.02. The predicted octanol–water partition coefficient (Wildman–Crippen LogP) is -0.113. The fourth-order valence-corrected chi connectivity index (χ4v) is 2.98. The van der Waals surface area contributed by atoms with Gasteiger partial charge in [-0.15, -0.1) is 0 Å². The zero-order chi connectivity index (χ0) is 14.0. The number of hydrogen-bond donors (Lipinski definition) is 4. The van der Waals surface area contributed by atoms with Crippen LogP contribution < -0.4 is 0 Å². The van der Waals surface area contributed by atoms with E-state index in [1.54, 1.807) is 0 Å². The molecule has 19 heavy (non-hydrogen) atoms. The van der Waals surface area contributed by atoms with E-state index in [4.69, 9.17) is 9.84 Å². The lowest BCUT2D eigenvalue weighted by Crippen LogP contribution is -2.57. The third-order valence-corrected chi connectivity index (χ3v) is 4.29. The Balaban J connectivity index is 2.08. The molecular weight excluding hydrogens is 268 g/mol. The Hall–Kier alpha value is -0.630. The number of ether oxygens (including phenoxy) is 1. The fraction of sp³-hybridized carbons (Fsp3) is 0.538. The van der Waals surface area contributed by atoms with Gasteiger partial charge in [-0.2, -0.15) is 0 Å². The molecular formula is C13H18O5S. The molecule has 1 aliphatic heterocycles. The summed E-state index contributed by atoms with van der Waals surface area (Å²) in [6.07, 6.45) is -4.70. The SMILES string of the molecule is Cc1ccc(S[C@@H]2O[C@@H](CO)[C@H](O)[C@H](O)[C@H]2O)cc1. The molecule has 1 aromatic rings. The molecule has 1 aromatic carbocycles. The van der Waals surface area contributed by atoms with Gasteiger partial charge in [0.25, 0.3) is 0 Å². The Morgan fingerprint density at radius 1 is 1.05 bits per heavy atom. The number of thioether (sulfide) groups is 1. The van der Waals surface area contributed by atoms with E-state index in [9.17, 15) is 15.3 Å². The van der Waals surface area contributed by atoms with Gasteiger partial charge in [-0.1, -0.05) is 29.5 Å². The quantitative estimate of drug-likeness (QED) is 0.620. The van der Waals surface area contributed by atoms with Crippen molar-refractivity contribution in [1.82, 2.24) is 0 Å². The van der Waals surface area contributed by atoms with E-state index in [0.717, 1.165) is 10.5 Å². The van der Waals surface area contributed by atoms with Crippen LogP contribution in [-0.2, 0) is 4.74 Å². The lowest BCUT2D eigenvalue weighted by Gasteiger charge is -2.39. The standard InChI is InChI=1S/C13H18O5S/c1-7-2-4-8(5-3-7)19-13-12(17)11(16)10(15)9(6-14)18-13/h2-5,9-17H,6H2,1H3/t9-,10-,11-,12+,13-/m0/s1. The van der Waals surface area contributed by atoms with Crippen molar-refractivity contribution in [2.24, 2.45) is 0 Å². The number of aliphatic hydroxyl groups excluding tert-OH is 4. The predicted molar refractivity (Wildman–Crippen MR) is 70.8 cm³/mol. The van der Waals surface area contributed by atoms with Crippen molar-refractivity contribution >= 4 is 11.8 Å². The van der Waals surface area contributed by atoms with Gasteiger partial charge < -0.3 is 25.2 Å². The summed E-state index contributed by atoms with van der Waals surface area (Å²) >= 11 is 1.25. The summed E-state index contributed by atoms with van der Waals surface area (Å²) < 4.78 is 5.42. The Morgan fingerprint density at radius 3 is 2.26 bits per heavy atom. The molecule has 0 unspecified atom stereocenters. The number of rotatable bonds is 3. The Bertz CT molecular complexity index is 408. The maximum atomic E-state index is 9.90. The second-order valence-corrected chi connectivity index (χ2v) is 5.80. The average Bonchev–Trinajstić information content (AvgIpc) is 2.42. The van der Waals surface area contributed by atoms with Gasteiger partial charge in [-0.25, -0.2) is 0 Å². The van der Waals surface area contributed by atoms with E-state index < -0.39 is 36.5 Å². The van der Waals surface area contributed by atoms with Gasteiger partial charge in [0.15, 0.2) is 0 Å². The van der Waals surface area contributed by atoms with Gasteiger partial charge in [0, 0.05) is 4.90 Å². The van der Waals surface area contributed by atoms with Crippen LogP contribution in [0, 0.1) is 6.92 Å². The molecule has 6 heteroatoms. The molecule has 2 rings (SSSR count). The molecule has 0 bridgehead atoms. The van der Waals surface area contributed by atoms with Crippen molar-refractivity contribution in [3.8, 4) is 0 Å². The molecule has 0 spiro atoms. The summed E-state index contributed by atoms with van der Waals surface area (Å²) in [5, 5.41) is 38.4. The normalized spacial score (nSPS) is 35.3. The van der Waals surface area contributed by atoms with Crippen molar-refractivity contribution in [3.05, 3.63) is 29.8 Å². The number of benzene rings is 1. The first kappa shape index (κ1) is 14.8. The third-order valence-electron chi connectivity index (χ3n) is 3.12. The molecule has 0 amide bonds.